The number of aromatic nitrogens is 4. The molecule has 20 heavy (non-hydrogen) atoms. The molecule has 0 fully saturated rings. The SMILES string of the molecule is Cc1cc(-c2ncc3c4ccccc4c(Cl)nn23)no1. The van der Waals surface area contributed by atoms with Gasteiger partial charge < -0.3 is 4.52 Å². The molecule has 0 aliphatic carbocycles. The van der Waals surface area contributed by atoms with Crippen molar-refractivity contribution >= 4 is 27.9 Å². The molecule has 0 radical (unpaired) electrons. The first kappa shape index (κ1) is 11.4. The van der Waals surface area contributed by atoms with Gasteiger partial charge in [0.05, 0.1) is 11.7 Å². The van der Waals surface area contributed by atoms with E-state index in [0.717, 1.165) is 22.0 Å². The summed E-state index contributed by atoms with van der Waals surface area (Å²) in [5.74, 6) is 1.34. The quantitative estimate of drug-likeness (QED) is 0.537. The van der Waals surface area contributed by atoms with Crippen LogP contribution in [0, 0.1) is 6.92 Å². The fourth-order valence-corrected chi connectivity index (χ4v) is 2.55. The third-order valence-electron chi connectivity index (χ3n) is 3.21. The summed E-state index contributed by atoms with van der Waals surface area (Å²) in [6.45, 7) is 1.84. The van der Waals surface area contributed by atoms with E-state index in [-0.39, 0.29) is 0 Å². The van der Waals surface area contributed by atoms with E-state index in [0.29, 0.717) is 16.7 Å². The molecule has 0 aliphatic heterocycles. The Labute approximate surface area is 118 Å². The summed E-state index contributed by atoms with van der Waals surface area (Å²) in [7, 11) is 0. The fourth-order valence-electron chi connectivity index (χ4n) is 2.31. The van der Waals surface area contributed by atoms with E-state index in [2.05, 4.69) is 15.2 Å². The molecule has 4 rings (SSSR count). The molecule has 3 heterocycles. The first-order valence-electron chi connectivity index (χ1n) is 6.10. The predicted octanol–water partition coefficient (Wildman–Crippen LogP) is 3.50. The lowest BCUT2D eigenvalue weighted by atomic mass is 10.2. The number of halogens is 1. The Morgan fingerprint density at radius 2 is 2.00 bits per heavy atom. The van der Waals surface area contributed by atoms with Crippen molar-refractivity contribution in [1.29, 1.82) is 0 Å². The Balaban J connectivity index is 2.11. The molecule has 0 atom stereocenters. The van der Waals surface area contributed by atoms with E-state index in [4.69, 9.17) is 16.1 Å². The molecule has 0 spiro atoms. The van der Waals surface area contributed by atoms with E-state index in [9.17, 15) is 0 Å². The zero-order chi connectivity index (χ0) is 13.7. The second kappa shape index (κ2) is 4.05. The van der Waals surface area contributed by atoms with Crippen LogP contribution < -0.4 is 0 Å². The number of hydrogen-bond donors (Lipinski definition) is 0. The summed E-state index contributed by atoms with van der Waals surface area (Å²) in [5, 5.41) is 10.7. The number of rotatable bonds is 1. The molecule has 4 aromatic rings. The summed E-state index contributed by atoms with van der Waals surface area (Å²) < 4.78 is 6.79. The van der Waals surface area contributed by atoms with Crippen LogP contribution in [0.1, 0.15) is 5.76 Å². The van der Waals surface area contributed by atoms with Crippen molar-refractivity contribution in [2.45, 2.75) is 6.92 Å². The van der Waals surface area contributed by atoms with Gasteiger partial charge in [-0.25, -0.2) is 9.50 Å². The van der Waals surface area contributed by atoms with E-state index in [1.165, 1.54) is 0 Å². The number of nitrogens with zero attached hydrogens (tertiary/aromatic N) is 4. The van der Waals surface area contributed by atoms with Crippen LogP contribution in [-0.2, 0) is 0 Å². The van der Waals surface area contributed by atoms with Gasteiger partial charge >= 0.3 is 0 Å². The lowest BCUT2D eigenvalue weighted by Crippen LogP contribution is -1.96. The number of aryl methyl sites for hydroxylation is 1. The number of benzene rings is 1. The van der Waals surface area contributed by atoms with Gasteiger partial charge in [0.25, 0.3) is 0 Å². The molecule has 0 aliphatic rings. The standard InChI is InChI=1S/C14H9ClN4O/c1-8-6-11(18-20-8)14-16-7-12-9-4-2-3-5-10(9)13(15)17-19(12)14/h2-7H,1H3. The number of imidazole rings is 1. The van der Waals surface area contributed by atoms with Crippen molar-refractivity contribution in [3.8, 4) is 11.5 Å². The molecule has 0 N–H and O–H groups in total. The Hall–Kier alpha value is -2.40. The van der Waals surface area contributed by atoms with Crippen molar-refractivity contribution < 1.29 is 4.52 Å². The van der Waals surface area contributed by atoms with Crippen molar-refractivity contribution in [1.82, 2.24) is 19.8 Å². The maximum Gasteiger partial charge on any atom is 0.183 e. The third kappa shape index (κ3) is 1.53. The summed E-state index contributed by atoms with van der Waals surface area (Å²) in [4.78, 5) is 4.39. The highest BCUT2D eigenvalue weighted by Crippen LogP contribution is 2.28. The highest BCUT2D eigenvalue weighted by molar-refractivity contribution is 6.34. The van der Waals surface area contributed by atoms with Gasteiger partial charge in [0.2, 0.25) is 0 Å². The lowest BCUT2D eigenvalue weighted by molar-refractivity contribution is 0.399. The van der Waals surface area contributed by atoms with Gasteiger partial charge in [0, 0.05) is 16.8 Å². The maximum atomic E-state index is 6.25. The topological polar surface area (TPSA) is 56.2 Å². The Bertz CT molecular complexity index is 941. The zero-order valence-electron chi connectivity index (χ0n) is 10.5. The molecule has 0 saturated carbocycles. The van der Waals surface area contributed by atoms with Gasteiger partial charge in [-0.05, 0) is 6.92 Å². The Morgan fingerprint density at radius 3 is 2.75 bits per heavy atom. The van der Waals surface area contributed by atoms with Gasteiger partial charge in [-0.3, -0.25) is 0 Å². The largest absolute Gasteiger partial charge is 0.361 e. The van der Waals surface area contributed by atoms with E-state index in [1.807, 2.05) is 37.3 Å². The molecule has 0 unspecified atom stereocenters. The van der Waals surface area contributed by atoms with Gasteiger partial charge in [0.1, 0.15) is 5.76 Å². The highest BCUT2D eigenvalue weighted by atomic mass is 35.5. The van der Waals surface area contributed by atoms with E-state index < -0.39 is 0 Å². The van der Waals surface area contributed by atoms with E-state index in [1.54, 1.807) is 10.7 Å². The van der Waals surface area contributed by atoms with Crippen LogP contribution in [-0.4, -0.2) is 19.8 Å². The van der Waals surface area contributed by atoms with Crippen molar-refractivity contribution in [3.05, 3.63) is 47.4 Å². The first-order chi connectivity index (χ1) is 9.74. The minimum absolute atomic E-state index is 0.438. The molecule has 5 nitrogen and oxygen atoms in total. The molecule has 6 heteroatoms. The van der Waals surface area contributed by atoms with Crippen LogP contribution in [0.25, 0.3) is 27.8 Å². The minimum atomic E-state index is 0.438. The molecule has 98 valence electrons. The van der Waals surface area contributed by atoms with Crippen molar-refractivity contribution in [2.24, 2.45) is 0 Å². The third-order valence-corrected chi connectivity index (χ3v) is 3.49. The normalized spacial score (nSPS) is 11.5. The Morgan fingerprint density at radius 1 is 1.20 bits per heavy atom. The molecular formula is C14H9ClN4O. The molecule has 0 amide bonds. The maximum absolute atomic E-state index is 6.25. The average Bonchev–Trinajstić information content (AvgIpc) is 3.05. The highest BCUT2D eigenvalue weighted by Gasteiger charge is 2.15. The molecule has 0 saturated heterocycles. The van der Waals surface area contributed by atoms with E-state index >= 15 is 0 Å². The van der Waals surface area contributed by atoms with Crippen LogP contribution in [0.15, 0.2) is 41.1 Å². The second-order valence-electron chi connectivity index (χ2n) is 4.54. The Kier molecular flexibility index (Phi) is 2.31. The van der Waals surface area contributed by atoms with Crippen LogP contribution in [0.5, 0.6) is 0 Å². The smallest absolute Gasteiger partial charge is 0.183 e. The molecule has 1 aromatic carbocycles. The summed E-state index contributed by atoms with van der Waals surface area (Å²) in [6.07, 6.45) is 1.77. The monoisotopic (exact) mass is 284 g/mol. The summed E-state index contributed by atoms with van der Waals surface area (Å²) >= 11 is 6.25. The van der Waals surface area contributed by atoms with Gasteiger partial charge in [0.15, 0.2) is 16.7 Å². The first-order valence-corrected chi connectivity index (χ1v) is 6.47. The summed E-state index contributed by atoms with van der Waals surface area (Å²) in [5.41, 5.74) is 1.53. The molecule has 0 bridgehead atoms. The van der Waals surface area contributed by atoms with Crippen molar-refractivity contribution in [2.75, 3.05) is 0 Å². The summed E-state index contributed by atoms with van der Waals surface area (Å²) in [6, 6.07) is 9.66. The van der Waals surface area contributed by atoms with Crippen LogP contribution in [0.3, 0.4) is 0 Å². The van der Waals surface area contributed by atoms with Crippen molar-refractivity contribution in [3.63, 3.8) is 0 Å². The van der Waals surface area contributed by atoms with Gasteiger partial charge in [-0.1, -0.05) is 41.0 Å². The lowest BCUT2D eigenvalue weighted by Gasteiger charge is -2.03. The van der Waals surface area contributed by atoms with Gasteiger partial charge in [-0.2, -0.15) is 5.10 Å². The number of hydrogen-bond acceptors (Lipinski definition) is 4. The number of fused-ring (bicyclic) bond motifs is 3. The molecule has 3 aromatic heterocycles. The van der Waals surface area contributed by atoms with Crippen LogP contribution in [0.4, 0.5) is 0 Å². The van der Waals surface area contributed by atoms with Crippen LogP contribution in [0.2, 0.25) is 5.15 Å². The molecular weight excluding hydrogens is 276 g/mol. The second-order valence-corrected chi connectivity index (χ2v) is 4.90. The van der Waals surface area contributed by atoms with Crippen LogP contribution >= 0.6 is 11.6 Å². The zero-order valence-corrected chi connectivity index (χ0v) is 11.3. The fraction of sp³-hybridized carbons (Fsp3) is 0.0714. The van der Waals surface area contributed by atoms with Gasteiger partial charge in [-0.15, -0.1) is 0 Å². The predicted molar refractivity (Wildman–Crippen MR) is 75.7 cm³/mol. The minimum Gasteiger partial charge on any atom is -0.361 e. The average molecular weight is 285 g/mol.